The van der Waals surface area contributed by atoms with Crippen LogP contribution in [0.4, 0.5) is 0 Å². The Morgan fingerprint density at radius 1 is 0.786 bits per heavy atom. The van der Waals surface area contributed by atoms with Gasteiger partial charge in [0.25, 0.3) is 0 Å². The lowest BCUT2D eigenvalue weighted by Crippen LogP contribution is -2.58. The minimum atomic E-state index is -2.67. The molecule has 4 atom stereocenters. The van der Waals surface area contributed by atoms with Crippen molar-refractivity contribution in [2.45, 2.75) is 21.2 Å². The molecule has 2 aromatic rings. The zero-order chi connectivity index (χ0) is 20.9. The molecule has 0 aromatic heterocycles. The fourth-order valence-corrected chi connectivity index (χ4v) is 3.16. The third-order valence-electron chi connectivity index (χ3n) is 4.02. The first-order valence-electron chi connectivity index (χ1n) is 8.18. The lowest BCUT2D eigenvalue weighted by atomic mass is 9.98. The Hall–Kier alpha value is -1.68. The molecular weight excluding hydrogens is 496 g/mol. The maximum atomic E-state index is 10.6. The zero-order valence-corrected chi connectivity index (χ0v) is 17.7. The SMILES string of the molecule is OC(=Cc1ccccc1)[C@@H](O)[C@@H](O)[C@@](O)(Br)[C@](O)(Br)C(O)=Cc1ccccc1. The Morgan fingerprint density at radius 3 is 1.68 bits per heavy atom. The number of rotatable bonds is 7. The minimum absolute atomic E-state index is 0.517. The molecule has 0 spiro atoms. The van der Waals surface area contributed by atoms with Gasteiger partial charge in [0.2, 0.25) is 4.51 Å². The van der Waals surface area contributed by atoms with E-state index < -0.39 is 32.7 Å². The molecule has 0 aliphatic carbocycles. The van der Waals surface area contributed by atoms with Crippen molar-refractivity contribution in [2.24, 2.45) is 0 Å². The zero-order valence-electron chi connectivity index (χ0n) is 14.5. The Labute approximate surface area is 179 Å². The first-order valence-corrected chi connectivity index (χ1v) is 9.76. The van der Waals surface area contributed by atoms with Crippen LogP contribution in [0.15, 0.2) is 72.2 Å². The summed E-state index contributed by atoms with van der Waals surface area (Å²) in [6.45, 7) is 0. The summed E-state index contributed by atoms with van der Waals surface area (Å²) in [4.78, 5) is 0. The summed E-state index contributed by atoms with van der Waals surface area (Å²) < 4.78 is -5.27. The highest BCUT2D eigenvalue weighted by molar-refractivity contribution is 9.12. The van der Waals surface area contributed by atoms with Crippen molar-refractivity contribution in [1.82, 2.24) is 0 Å². The Morgan fingerprint density at radius 2 is 1.21 bits per heavy atom. The fourth-order valence-electron chi connectivity index (χ4n) is 2.35. The molecule has 0 bridgehead atoms. The van der Waals surface area contributed by atoms with E-state index >= 15 is 0 Å². The van der Waals surface area contributed by atoms with Crippen molar-refractivity contribution in [3.63, 3.8) is 0 Å². The van der Waals surface area contributed by atoms with Gasteiger partial charge in [0, 0.05) is 0 Å². The van der Waals surface area contributed by atoms with Gasteiger partial charge >= 0.3 is 0 Å². The Balaban J connectivity index is 2.27. The van der Waals surface area contributed by atoms with Crippen LogP contribution in [0, 0.1) is 0 Å². The summed E-state index contributed by atoms with van der Waals surface area (Å²) >= 11 is 5.53. The number of halogens is 2. The number of hydrogen-bond donors (Lipinski definition) is 6. The van der Waals surface area contributed by atoms with E-state index in [1.807, 2.05) is 0 Å². The van der Waals surface area contributed by atoms with Crippen LogP contribution in [-0.2, 0) is 0 Å². The van der Waals surface area contributed by atoms with Crippen molar-refractivity contribution in [1.29, 1.82) is 0 Å². The lowest BCUT2D eigenvalue weighted by molar-refractivity contribution is -0.125. The van der Waals surface area contributed by atoms with E-state index in [1.54, 1.807) is 60.7 Å². The van der Waals surface area contributed by atoms with Gasteiger partial charge in [0.15, 0.2) is 4.51 Å². The quantitative estimate of drug-likeness (QED) is 0.249. The molecule has 0 heterocycles. The lowest BCUT2D eigenvalue weighted by Gasteiger charge is -2.39. The van der Waals surface area contributed by atoms with Gasteiger partial charge in [-0.2, -0.15) is 0 Å². The van der Waals surface area contributed by atoms with Crippen molar-refractivity contribution in [2.75, 3.05) is 0 Å². The molecular formula is C20H20Br2O6. The van der Waals surface area contributed by atoms with Crippen LogP contribution in [0.5, 0.6) is 0 Å². The summed E-state index contributed by atoms with van der Waals surface area (Å²) in [5.74, 6) is -1.39. The molecule has 8 heteroatoms. The third-order valence-corrected chi connectivity index (χ3v) is 6.60. The summed E-state index contributed by atoms with van der Waals surface area (Å²) in [6, 6.07) is 17.0. The van der Waals surface area contributed by atoms with E-state index in [0.717, 1.165) is 0 Å². The van der Waals surface area contributed by atoms with Crippen LogP contribution in [-0.4, -0.2) is 51.9 Å². The molecule has 0 amide bonds. The van der Waals surface area contributed by atoms with Crippen LogP contribution >= 0.6 is 31.9 Å². The number of benzene rings is 2. The van der Waals surface area contributed by atoms with Gasteiger partial charge in [0.05, 0.1) is 0 Å². The molecule has 0 saturated carbocycles. The molecule has 28 heavy (non-hydrogen) atoms. The number of hydrogen-bond acceptors (Lipinski definition) is 6. The topological polar surface area (TPSA) is 121 Å². The second-order valence-corrected chi connectivity index (χ2v) is 8.46. The maximum Gasteiger partial charge on any atom is 0.218 e. The number of aliphatic hydroxyl groups is 6. The van der Waals surface area contributed by atoms with E-state index in [9.17, 15) is 30.6 Å². The van der Waals surface area contributed by atoms with Crippen molar-refractivity contribution >= 4 is 44.0 Å². The van der Waals surface area contributed by atoms with Crippen LogP contribution < -0.4 is 0 Å². The number of aliphatic hydroxyl groups excluding tert-OH is 4. The van der Waals surface area contributed by atoms with Crippen LogP contribution in [0.1, 0.15) is 11.1 Å². The molecule has 2 aromatic carbocycles. The largest absolute Gasteiger partial charge is 0.509 e. The second kappa shape index (κ2) is 9.21. The van der Waals surface area contributed by atoms with Gasteiger partial charge in [-0.15, -0.1) is 0 Å². The van der Waals surface area contributed by atoms with E-state index in [1.165, 1.54) is 12.2 Å². The van der Waals surface area contributed by atoms with E-state index in [0.29, 0.717) is 11.1 Å². The molecule has 0 saturated heterocycles. The molecule has 6 N–H and O–H groups in total. The van der Waals surface area contributed by atoms with Gasteiger partial charge in [0.1, 0.15) is 23.7 Å². The standard InChI is InChI=1S/C20H20Br2O6/c21-19(27,16(24)12-14-9-5-2-6-10-14)20(22,28)18(26)17(25)15(23)11-13-7-3-1-4-8-13/h1-12,17-18,23-28H/t17-,18-,19+,20+/m1/s1. The van der Waals surface area contributed by atoms with Gasteiger partial charge in [-0.25, -0.2) is 0 Å². The monoisotopic (exact) mass is 514 g/mol. The van der Waals surface area contributed by atoms with E-state index in [4.69, 9.17) is 0 Å². The van der Waals surface area contributed by atoms with Gasteiger partial charge in [-0.3, -0.25) is 0 Å². The molecule has 2 rings (SSSR count). The van der Waals surface area contributed by atoms with Crippen molar-refractivity contribution < 1.29 is 30.6 Å². The van der Waals surface area contributed by atoms with Crippen LogP contribution in [0.2, 0.25) is 0 Å². The second-order valence-electron chi connectivity index (χ2n) is 6.11. The Bertz CT molecular complexity index is 834. The molecule has 0 fully saturated rings. The maximum absolute atomic E-state index is 10.6. The van der Waals surface area contributed by atoms with Gasteiger partial charge in [-0.1, -0.05) is 60.7 Å². The average Bonchev–Trinajstić information content (AvgIpc) is 2.68. The first kappa shape index (κ1) is 22.6. The molecule has 6 nitrogen and oxygen atoms in total. The van der Waals surface area contributed by atoms with Gasteiger partial charge < -0.3 is 30.6 Å². The highest BCUT2D eigenvalue weighted by atomic mass is 79.9. The van der Waals surface area contributed by atoms with Crippen molar-refractivity contribution in [3.05, 3.63) is 83.3 Å². The predicted octanol–water partition coefficient (Wildman–Crippen LogP) is 3.07. The molecule has 0 aliphatic heterocycles. The van der Waals surface area contributed by atoms with Crippen LogP contribution in [0.3, 0.4) is 0 Å². The molecule has 150 valence electrons. The average molecular weight is 516 g/mol. The summed E-state index contributed by atoms with van der Waals surface area (Å²) in [5.41, 5.74) is 1.06. The summed E-state index contributed by atoms with van der Waals surface area (Å²) in [5, 5.41) is 62.2. The molecule has 0 unspecified atom stereocenters. The van der Waals surface area contributed by atoms with E-state index in [2.05, 4.69) is 31.9 Å². The Kier molecular flexibility index (Phi) is 7.44. The highest BCUT2D eigenvalue weighted by Gasteiger charge is 2.56. The molecule has 0 aliphatic rings. The third kappa shape index (κ3) is 5.02. The first-order chi connectivity index (χ1) is 13.1. The summed E-state index contributed by atoms with van der Waals surface area (Å²) in [6.07, 6.45) is -1.75. The number of alkyl halides is 2. The normalized spacial score (nSPS) is 19.4. The minimum Gasteiger partial charge on any atom is -0.509 e. The fraction of sp³-hybridized carbons (Fsp3) is 0.200. The van der Waals surface area contributed by atoms with E-state index in [-0.39, 0.29) is 0 Å². The molecule has 0 radical (unpaired) electrons. The highest BCUT2D eigenvalue weighted by Crippen LogP contribution is 2.43. The predicted molar refractivity (Wildman–Crippen MR) is 114 cm³/mol. The van der Waals surface area contributed by atoms with Gasteiger partial charge in [-0.05, 0) is 55.1 Å². The van der Waals surface area contributed by atoms with Crippen LogP contribution in [0.25, 0.3) is 12.2 Å². The smallest absolute Gasteiger partial charge is 0.218 e. The van der Waals surface area contributed by atoms with Crippen molar-refractivity contribution in [3.8, 4) is 0 Å². The summed E-state index contributed by atoms with van der Waals surface area (Å²) in [7, 11) is 0.